The highest BCUT2D eigenvalue weighted by Crippen LogP contribution is 2.48. The minimum absolute atomic E-state index is 0.113. The molecule has 31 heavy (non-hydrogen) atoms. The largest absolute Gasteiger partial charge is 0.380 e. The average molecular weight is 439 g/mol. The Bertz CT molecular complexity index is 660. The van der Waals surface area contributed by atoms with Crippen molar-refractivity contribution in [3.8, 4) is 0 Å². The number of carbonyl (C=O) groups excluding carboxylic acids is 1. The molecule has 9 heteroatoms. The summed E-state index contributed by atoms with van der Waals surface area (Å²) in [5.41, 5.74) is 5.67. The first-order valence-corrected chi connectivity index (χ1v) is 12.2. The topological polar surface area (TPSA) is 89.7 Å². The number of alkyl halides is 1. The van der Waals surface area contributed by atoms with E-state index in [1.54, 1.807) is 0 Å². The molecule has 0 radical (unpaired) electrons. The van der Waals surface area contributed by atoms with Crippen LogP contribution in [0.3, 0.4) is 0 Å². The van der Waals surface area contributed by atoms with Crippen molar-refractivity contribution in [2.75, 3.05) is 26.9 Å². The number of hydrazine groups is 1. The van der Waals surface area contributed by atoms with Gasteiger partial charge in [-0.3, -0.25) is 20.3 Å². The Kier molecular flexibility index (Phi) is 6.26. The van der Waals surface area contributed by atoms with E-state index >= 15 is 4.39 Å². The third-order valence-electron chi connectivity index (χ3n) is 8.30. The van der Waals surface area contributed by atoms with Gasteiger partial charge in [-0.15, -0.1) is 0 Å². The molecule has 5 fully saturated rings. The monoisotopic (exact) mass is 438 g/mol. The molecule has 3 heterocycles. The van der Waals surface area contributed by atoms with Gasteiger partial charge in [-0.2, -0.15) is 0 Å². The standard InChI is InChI=1S/C22H39FN6O2/c1-13-8-17(27-19(25-13)14-6-7-14)21(30)26-16-5-3-4-15(9-16)22(10-31-11-22)18(23)20-28-24-12-29(20)2/h13-20,24-25,27-28H,3-12H2,1-2H3,(H,26,30)/t13?,15?,16?,17?,18-,19?,20?/m1/s1. The lowest BCUT2D eigenvalue weighted by Crippen LogP contribution is -2.64. The number of amides is 1. The van der Waals surface area contributed by atoms with Crippen molar-refractivity contribution in [2.24, 2.45) is 17.3 Å². The molecule has 6 unspecified atom stereocenters. The maximum atomic E-state index is 15.8. The SMILES string of the molecule is CC1CC(C(=O)NC2CCCC(C3([C@H](F)C4NNCN4C)COC3)C2)NC(C2CC2)N1. The molecule has 176 valence electrons. The van der Waals surface area contributed by atoms with Gasteiger partial charge in [0.15, 0.2) is 0 Å². The zero-order valence-electron chi connectivity index (χ0n) is 18.8. The van der Waals surface area contributed by atoms with E-state index in [1.165, 1.54) is 12.8 Å². The first-order chi connectivity index (χ1) is 15.0. The van der Waals surface area contributed by atoms with E-state index in [0.29, 0.717) is 31.8 Å². The Balaban J connectivity index is 1.20. The van der Waals surface area contributed by atoms with E-state index in [9.17, 15) is 4.79 Å². The predicted molar refractivity (Wildman–Crippen MR) is 115 cm³/mol. The normalized spacial score (nSPS) is 42.0. The summed E-state index contributed by atoms with van der Waals surface area (Å²) in [6.07, 6.45) is 6.05. The van der Waals surface area contributed by atoms with Crippen molar-refractivity contribution < 1.29 is 13.9 Å². The van der Waals surface area contributed by atoms with Gasteiger partial charge in [0.05, 0.1) is 37.5 Å². The fourth-order valence-electron chi connectivity index (χ4n) is 6.14. The fourth-order valence-corrected chi connectivity index (χ4v) is 6.14. The van der Waals surface area contributed by atoms with Crippen LogP contribution in [0.5, 0.6) is 0 Å². The van der Waals surface area contributed by atoms with Crippen LogP contribution in [0.15, 0.2) is 0 Å². The van der Waals surface area contributed by atoms with Crippen LogP contribution in [0.1, 0.15) is 51.9 Å². The summed E-state index contributed by atoms with van der Waals surface area (Å²) in [4.78, 5) is 15.1. The van der Waals surface area contributed by atoms with Crippen molar-refractivity contribution >= 4 is 5.91 Å². The Labute approximate surface area is 184 Å². The highest BCUT2D eigenvalue weighted by atomic mass is 19.1. The zero-order chi connectivity index (χ0) is 21.6. The Morgan fingerprint density at radius 3 is 2.65 bits per heavy atom. The Morgan fingerprint density at radius 1 is 1.19 bits per heavy atom. The summed E-state index contributed by atoms with van der Waals surface area (Å²) >= 11 is 0. The van der Waals surface area contributed by atoms with Gasteiger partial charge < -0.3 is 10.1 Å². The Morgan fingerprint density at radius 2 is 2.00 bits per heavy atom. The van der Waals surface area contributed by atoms with Crippen molar-refractivity contribution in [2.45, 2.75) is 88.5 Å². The molecule has 8 nitrogen and oxygen atoms in total. The van der Waals surface area contributed by atoms with Gasteiger partial charge in [0.2, 0.25) is 5.91 Å². The van der Waals surface area contributed by atoms with Crippen LogP contribution < -0.4 is 26.8 Å². The van der Waals surface area contributed by atoms with Gasteiger partial charge in [-0.1, -0.05) is 6.42 Å². The number of rotatable bonds is 6. The highest BCUT2D eigenvalue weighted by Gasteiger charge is 2.56. The molecule has 5 N–H and O–H groups in total. The quantitative estimate of drug-likeness (QED) is 0.411. The van der Waals surface area contributed by atoms with E-state index in [-0.39, 0.29) is 36.2 Å². The molecule has 0 bridgehead atoms. The third-order valence-corrected chi connectivity index (χ3v) is 8.30. The number of hydrogen-bond acceptors (Lipinski definition) is 7. The first kappa shape index (κ1) is 22.0. The average Bonchev–Trinajstić information content (AvgIpc) is 3.48. The maximum Gasteiger partial charge on any atom is 0.237 e. The molecule has 2 saturated carbocycles. The van der Waals surface area contributed by atoms with E-state index in [4.69, 9.17) is 4.74 Å². The first-order valence-electron chi connectivity index (χ1n) is 12.2. The summed E-state index contributed by atoms with van der Waals surface area (Å²) in [6, 6.07) is 0.322. The summed E-state index contributed by atoms with van der Waals surface area (Å²) in [5, 5.41) is 10.5. The van der Waals surface area contributed by atoms with Gasteiger partial charge in [-0.05, 0) is 64.3 Å². The van der Waals surface area contributed by atoms with Crippen LogP contribution in [0, 0.1) is 17.3 Å². The third kappa shape index (κ3) is 4.37. The minimum atomic E-state index is -1.01. The van der Waals surface area contributed by atoms with Gasteiger partial charge in [-0.25, -0.2) is 15.2 Å². The molecule has 2 aliphatic carbocycles. The van der Waals surface area contributed by atoms with Crippen LogP contribution in [-0.4, -0.2) is 74.4 Å². The summed E-state index contributed by atoms with van der Waals surface area (Å²) in [7, 11) is 1.93. The summed E-state index contributed by atoms with van der Waals surface area (Å²) in [5.74, 6) is 1.00. The predicted octanol–water partition coefficient (Wildman–Crippen LogP) is 0.415. The maximum absolute atomic E-state index is 15.8. The van der Waals surface area contributed by atoms with E-state index < -0.39 is 11.6 Å². The number of nitrogens with one attached hydrogen (secondary N) is 5. The van der Waals surface area contributed by atoms with E-state index in [1.807, 2.05) is 11.9 Å². The lowest BCUT2D eigenvalue weighted by atomic mass is 9.63. The number of ether oxygens (including phenoxy) is 1. The van der Waals surface area contributed by atoms with Crippen LogP contribution >= 0.6 is 0 Å². The number of carbonyl (C=O) groups is 1. The van der Waals surface area contributed by atoms with Gasteiger partial charge in [0.25, 0.3) is 0 Å². The molecule has 0 aromatic rings. The molecular formula is C22H39FN6O2. The lowest BCUT2D eigenvalue weighted by molar-refractivity contribution is -0.201. The molecular weight excluding hydrogens is 399 g/mol. The number of hydrogen-bond donors (Lipinski definition) is 5. The molecule has 0 aromatic heterocycles. The lowest BCUT2D eigenvalue weighted by Gasteiger charge is -2.53. The van der Waals surface area contributed by atoms with Crippen LogP contribution in [0.25, 0.3) is 0 Å². The summed E-state index contributed by atoms with van der Waals surface area (Å²) in [6.45, 7) is 3.75. The minimum Gasteiger partial charge on any atom is -0.380 e. The molecule has 1 amide bonds. The van der Waals surface area contributed by atoms with Crippen LogP contribution in [-0.2, 0) is 9.53 Å². The van der Waals surface area contributed by atoms with E-state index in [0.717, 1.165) is 32.1 Å². The van der Waals surface area contributed by atoms with Gasteiger partial charge >= 0.3 is 0 Å². The molecule has 5 aliphatic rings. The highest BCUT2D eigenvalue weighted by molar-refractivity contribution is 5.82. The van der Waals surface area contributed by atoms with E-state index in [2.05, 4.69) is 33.7 Å². The molecule has 0 spiro atoms. The number of halogens is 1. The molecule has 3 aliphatic heterocycles. The van der Waals surface area contributed by atoms with Crippen LogP contribution in [0.2, 0.25) is 0 Å². The second-order valence-corrected chi connectivity index (χ2v) is 10.7. The smallest absolute Gasteiger partial charge is 0.237 e. The second-order valence-electron chi connectivity index (χ2n) is 10.7. The zero-order valence-corrected chi connectivity index (χ0v) is 18.8. The van der Waals surface area contributed by atoms with Crippen molar-refractivity contribution in [1.29, 1.82) is 0 Å². The molecule has 5 rings (SSSR count). The fraction of sp³-hybridized carbons (Fsp3) is 0.955. The van der Waals surface area contributed by atoms with Crippen molar-refractivity contribution in [3.05, 3.63) is 0 Å². The molecule has 3 saturated heterocycles. The van der Waals surface area contributed by atoms with Crippen molar-refractivity contribution in [1.82, 2.24) is 31.7 Å². The number of nitrogens with zero attached hydrogens (tertiary/aromatic N) is 1. The molecule has 0 aromatic carbocycles. The van der Waals surface area contributed by atoms with Crippen LogP contribution in [0.4, 0.5) is 4.39 Å². The second kappa shape index (κ2) is 8.83. The van der Waals surface area contributed by atoms with Gasteiger partial charge in [0.1, 0.15) is 12.3 Å². The summed E-state index contributed by atoms with van der Waals surface area (Å²) < 4.78 is 21.3. The van der Waals surface area contributed by atoms with Crippen molar-refractivity contribution in [3.63, 3.8) is 0 Å². The molecule has 7 atom stereocenters. The van der Waals surface area contributed by atoms with Gasteiger partial charge in [0, 0.05) is 12.1 Å². The Hall–Kier alpha value is -0.840.